The zero-order chi connectivity index (χ0) is 18.5. The molecule has 0 spiro atoms. The number of aryl methyl sites for hydroxylation is 1. The molecule has 2 nitrogen and oxygen atoms in total. The molecule has 3 heteroatoms. The lowest BCUT2D eigenvalue weighted by Crippen LogP contribution is -2.00. The highest BCUT2D eigenvalue weighted by Gasteiger charge is 2.22. The van der Waals surface area contributed by atoms with Gasteiger partial charge in [0.2, 0.25) is 0 Å². The Hall–Kier alpha value is -2.83. The molecule has 1 aromatic heterocycles. The topological polar surface area (TPSA) is 36.7 Å². The molecule has 0 unspecified atom stereocenters. The van der Waals surface area contributed by atoms with Crippen molar-refractivity contribution in [3.63, 3.8) is 0 Å². The summed E-state index contributed by atoms with van der Waals surface area (Å²) in [4.78, 5) is 4.86. The van der Waals surface area contributed by atoms with Gasteiger partial charge in [0.15, 0.2) is 0 Å². The molecule has 0 saturated heterocycles. The lowest BCUT2D eigenvalue weighted by atomic mass is 10.0. The van der Waals surface area contributed by atoms with Crippen LogP contribution >= 0.6 is 11.8 Å². The molecule has 0 amide bonds. The van der Waals surface area contributed by atoms with Gasteiger partial charge < -0.3 is 0 Å². The number of pyridine rings is 1. The molecule has 1 aliphatic rings. The van der Waals surface area contributed by atoms with Crippen molar-refractivity contribution in [2.45, 2.75) is 30.0 Å². The Morgan fingerprint density at radius 3 is 2.44 bits per heavy atom. The van der Waals surface area contributed by atoms with Gasteiger partial charge in [0.1, 0.15) is 11.1 Å². The van der Waals surface area contributed by atoms with Gasteiger partial charge in [0.05, 0.1) is 5.56 Å². The molecule has 0 N–H and O–H groups in total. The number of nitriles is 1. The lowest BCUT2D eigenvalue weighted by Gasteiger charge is -2.12. The second-order valence-electron chi connectivity index (χ2n) is 6.61. The fourth-order valence-electron chi connectivity index (χ4n) is 3.45. The van der Waals surface area contributed by atoms with Crippen molar-refractivity contribution in [1.29, 1.82) is 5.26 Å². The van der Waals surface area contributed by atoms with E-state index in [1.807, 2.05) is 36.4 Å². The number of rotatable bonds is 5. The molecule has 132 valence electrons. The molecule has 0 aliphatic heterocycles. The van der Waals surface area contributed by atoms with E-state index in [1.54, 1.807) is 11.8 Å². The van der Waals surface area contributed by atoms with Gasteiger partial charge in [-0.25, -0.2) is 4.98 Å². The minimum absolute atomic E-state index is 0.712. The average Bonchev–Trinajstić information content (AvgIpc) is 3.20. The third-order valence-corrected chi connectivity index (χ3v) is 5.85. The van der Waals surface area contributed by atoms with Gasteiger partial charge in [-0.05, 0) is 41.5 Å². The van der Waals surface area contributed by atoms with Crippen molar-refractivity contribution in [1.82, 2.24) is 4.98 Å². The van der Waals surface area contributed by atoms with Crippen LogP contribution in [-0.2, 0) is 18.6 Å². The Balaban J connectivity index is 1.70. The van der Waals surface area contributed by atoms with E-state index < -0.39 is 0 Å². The molecule has 4 rings (SSSR count). The zero-order valence-electron chi connectivity index (χ0n) is 15.1. The molecule has 1 aliphatic carbocycles. The van der Waals surface area contributed by atoms with Crippen LogP contribution in [0.2, 0.25) is 0 Å². The SMILES string of the molecule is N#Cc1c(SCc2ccccc2)nc2c(c1C=Cc1ccccc1)CCC2. The largest absolute Gasteiger partial charge is 0.245 e. The highest BCUT2D eigenvalue weighted by atomic mass is 32.2. The molecule has 1 heterocycles. The maximum Gasteiger partial charge on any atom is 0.115 e. The third kappa shape index (κ3) is 3.97. The van der Waals surface area contributed by atoms with Gasteiger partial charge in [0.25, 0.3) is 0 Å². The number of aromatic nitrogens is 1. The van der Waals surface area contributed by atoms with Gasteiger partial charge in [-0.1, -0.05) is 72.8 Å². The van der Waals surface area contributed by atoms with Crippen molar-refractivity contribution >= 4 is 23.9 Å². The number of benzene rings is 2. The fraction of sp³-hybridized carbons (Fsp3) is 0.167. The molecule has 2 aromatic carbocycles. The van der Waals surface area contributed by atoms with Crippen LogP contribution in [-0.4, -0.2) is 4.98 Å². The molecule has 0 radical (unpaired) electrons. The number of thioether (sulfide) groups is 1. The Morgan fingerprint density at radius 2 is 1.70 bits per heavy atom. The monoisotopic (exact) mass is 368 g/mol. The van der Waals surface area contributed by atoms with E-state index in [-0.39, 0.29) is 0 Å². The molecule has 27 heavy (non-hydrogen) atoms. The van der Waals surface area contributed by atoms with Crippen molar-refractivity contribution in [2.75, 3.05) is 0 Å². The van der Waals surface area contributed by atoms with Crippen molar-refractivity contribution in [3.05, 3.63) is 94.2 Å². The Bertz CT molecular complexity index is 1000. The van der Waals surface area contributed by atoms with E-state index in [0.717, 1.165) is 46.9 Å². The van der Waals surface area contributed by atoms with E-state index in [1.165, 1.54) is 11.1 Å². The van der Waals surface area contributed by atoms with Crippen LogP contribution in [0.1, 0.15) is 39.9 Å². The highest BCUT2D eigenvalue weighted by molar-refractivity contribution is 7.98. The van der Waals surface area contributed by atoms with Crippen LogP contribution in [0.4, 0.5) is 0 Å². The maximum atomic E-state index is 9.89. The average molecular weight is 369 g/mol. The predicted octanol–water partition coefficient (Wildman–Crippen LogP) is 5.90. The maximum absolute atomic E-state index is 9.89. The summed E-state index contributed by atoms with van der Waals surface area (Å²) >= 11 is 1.66. The highest BCUT2D eigenvalue weighted by Crippen LogP contribution is 2.34. The first-order valence-electron chi connectivity index (χ1n) is 9.21. The van der Waals surface area contributed by atoms with Crippen LogP contribution in [0.25, 0.3) is 12.2 Å². The van der Waals surface area contributed by atoms with Crippen LogP contribution in [0.15, 0.2) is 65.7 Å². The van der Waals surface area contributed by atoms with E-state index >= 15 is 0 Å². The van der Waals surface area contributed by atoms with E-state index in [4.69, 9.17) is 4.98 Å². The first-order valence-corrected chi connectivity index (χ1v) is 10.2. The smallest absolute Gasteiger partial charge is 0.115 e. The summed E-state index contributed by atoms with van der Waals surface area (Å²) in [6, 6.07) is 23.0. The zero-order valence-corrected chi connectivity index (χ0v) is 15.9. The van der Waals surface area contributed by atoms with Crippen LogP contribution in [0.3, 0.4) is 0 Å². The summed E-state index contributed by atoms with van der Waals surface area (Å²) < 4.78 is 0. The van der Waals surface area contributed by atoms with Gasteiger partial charge in [-0.15, -0.1) is 11.8 Å². The van der Waals surface area contributed by atoms with Crippen LogP contribution < -0.4 is 0 Å². The van der Waals surface area contributed by atoms with Crippen LogP contribution in [0.5, 0.6) is 0 Å². The predicted molar refractivity (Wildman–Crippen MR) is 112 cm³/mol. The lowest BCUT2D eigenvalue weighted by molar-refractivity contribution is 0.891. The number of nitrogens with zero attached hydrogens (tertiary/aromatic N) is 2. The summed E-state index contributed by atoms with van der Waals surface area (Å²) in [7, 11) is 0. The fourth-order valence-corrected chi connectivity index (χ4v) is 4.42. The summed E-state index contributed by atoms with van der Waals surface area (Å²) in [5, 5.41) is 10.7. The van der Waals surface area contributed by atoms with Gasteiger partial charge in [-0.3, -0.25) is 0 Å². The standard InChI is InChI=1S/C24H20N2S/c25-16-22-20(15-14-18-8-3-1-4-9-18)21-12-7-13-23(21)26-24(22)27-17-19-10-5-2-6-11-19/h1-6,8-11,14-15H,7,12-13,17H2. The van der Waals surface area contributed by atoms with E-state index in [0.29, 0.717) is 5.56 Å². The molecule has 0 fully saturated rings. The quantitative estimate of drug-likeness (QED) is 0.526. The first kappa shape index (κ1) is 17.6. The molecular weight excluding hydrogens is 348 g/mol. The molecule has 3 aromatic rings. The number of hydrogen-bond acceptors (Lipinski definition) is 3. The Kier molecular flexibility index (Phi) is 5.37. The number of hydrogen-bond donors (Lipinski definition) is 0. The third-order valence-electron chi connectivity index (χ3n) is 4.81. The minimum atomic E-state index is 0.712. The van der Waals surface area contributed by atoms with Crippen LogP contribution in [0, 0.1) is 11.3 Å². The Labute approximate surface area is 164 Å². The second kappa shape index (κ2) is 8.24. The molecule has 0 saturated carbocycles. The molecule has 0 atom stereocenters. The van der Waals surface area contributed by atoms with E-state index in [2.05, 4.69) is 42.5 Å². The first-order chi connectivity index (χ1) is 13.3. The summed E-state index contributed by atoms with van der Waals surface area (Å²) in [5.74, 6) is 0.823. The molecular formula is C24H20N2S. The van der Waals surface area contributed by atoms with Crippen molar-refractivity contribution in [3.8, 4) is 6.07 Å². The van der Waals surface area contributed by atoms with Crippen molar-refractivity contribution in [2.24, 2.45) is 0 Å². The Morgan fingerprint density at radius 1 is 0.963 bits per heavy atom. The summed E-state index contributed by atoms with van der Waals surface area (Å²) in [6.07, 6.45) is 7.33. The van der Waals surface area contributed by atoms with Gasteiger partial charge in [-0.2, -0.15) is 5.26 Å². The van der Waals surface area contributed by atoms with Crippen molar-refractivity contribution < 1.29 is 0 Å². The second-order valence-corrected chi connectivity index (χ2v) is 7.58. The summed E-state index contributed by atoms with van der Waals surface area (Å²) in [5.41, 5.74) is 6.57. The summed E-state index contributed by atoms with van der Waals surface area (Å²) in [6.45, 7) is 0. The van der Waals surface area contributed by atoms with Gasteiger partial charge >= 0.3 is 0 Å². The van der Waals surface area contributed by atoms with Gasteiger partial charge in [0, 0.05) is 11.4 Å². The minimum Gasteiger partial charge on any atom is -0.245 e. The molecule has 0 bridgehead atoms. The normalized spacial score (nSPS) is 12.9. The number of fused-ring (bicyclic) bond motifs is 1. The van der Waals surface area contributed by atoms with E-state index in [9.17, 15) is 5.26 Å².